The van der Waals surface area contributed by atoms with Gasteiger partial charge in [0, 0.05) is 37.2 Å². The van der Waals surface area contributed by atoms with Crippen LogP contribution >= 0.6 is 0 Å². The van der Waals surface area contributed by atoms with Crippen LogP contribution in [0.25, 0.3) is 0 Å². The molecular formula is C23H29N3O4. The fraction of sp³-hybridized carbons (Fsp3) is 0.391. The van der Waals surface area contributed by atoms with E-state index in [0.717, 1.165) is 42.0 Å². The number of nitrogens with zero attached hydrogens (tertiary/aromatic N) is 1. The molecule has 0 aromatic heterocycles. The van der Waals surface area contributed by atoms with Crippen LogP contribution in [-0.2, 0) is 11.3 Å². The van der Waals surface area contributed by atoms with Gasteiger partial charge in [-0.15, -0.1) is 0 Å². The summed E-state index contributed by atoms with van der Waals surface area (Å²) in [7, 11) is 3.28. The standard InChI is InChI=1S/C23H29N3O4/c1-29-18-10-11-19(21(15-18)30-2)20-9-6-13-26(20)14-12-22(27)25-23(28)24-16-17-7-4-3-5-8-17/h3-5,7-8,10-11,15,20H,6,9,12-14,16H2,1-2H3,(H2,24,25,27,28). The molecule has 7 nitrogen and oxygen atoms in total. The zero-order valence-corrected chi connectivity index (χ0v) is 17.5. The molecule has 7 heteroatoms. The monoisotopic (exact) mass is 411 g/mol. The maximum Gasteiger partial charge on any atom is 0.321 e. The lowest BCUT2D eigenvalue weighted by atomic mass is 10.0. The van der Waals surface area contributed by atoms with Crippen molar-refractivity contribution in [1.29, 1.82) is 0 Å². The Bertz CT molecular complexity index is 857. The number of nitrogens with one attached hydrogen (secondary N) is 2. The molecule has 1 aliphatic heterocycles. The number of hydrogen-bond donors (Lipinski definition) is 2. The van der Waals surface area contributed by atoms with E-state index in [2.05, 4.69) is 15.5 Å². The number of imide groups is 1. The number of amides is 3. The van der Waals surface area contributed by atoms with Gasteiger partial charge in [-0.1, -0.05) is 36.4 Å². The van der Waals surface area contributed by atoms with Gasteiger partial charge in [-0.2, -0.15) is 0 Å². The molecule has 0 saturated carbocycles. The van der Waals surface area contributed by atoms with Gasteiger partial charge in [0.2, 0.25) is 5.91 Å². The van der Waals surface area contributed by atoms with E-state index in [1.54, 1.807) is 14.2 Å². The molecule has 30 heavy (non-hydrogen) atoms. The Hall–Kier alpha value is -3.06. The van der Waals surface area contributed by atoms with Crippen molar-refractivity contribution < 1.29 is 19.1 Å². The summed E-state index contributed by atoms with van der Waals surface area (Å²) >= 11 is 0. The highest BCUT2D eigenvalue weighted by molar-refractivity contribution is 5.94. The molecule has 1 unspecified atom stereocenters. The van der Waals surface area contributed by atoms with E-state index in [0.29, 0.717) is 13.1 Å². The molecule has 0 aliphatic carbocycles. The maximum atomic E-state index is 12.2. The lowest BCUT2D eigenvalue weighted by molar-refractivity contribution is -0.120. The minimum Gasteiger partial charge on any atom is -0.497 e. The summed E-state index contributed by atoms with van der Waals surface area (Å²) in [5.74, 6) is 1.25. The van der Waals surface area contributed by atoms with Crippen LogP contribution < -0.4 is 20.1 Å². The molecule has 160 valence electrons. The lowest BCUT2D eigenvalue weighted by Gasteiger charge is -2.26. The number of methoxy groups -OCH3 is 2. The molecule has 1 aliphatic rings. The second-order valence-corrected chi connectivity index (χ2v) is 7.27. The largest absolute Gasteiger partial charge is 0.497 e. The smallest absolute Gasteiger partial charge is 0.321 e. The van der Waals surface area contributed by atoms with Gasteiger partial charge in [0.1, 0.15) is 11.5 Å². The molecule has 1 saturated heterocycles. The average Bonchev–Trinajstić information content (AvgIpc) is 3.25. The minimum atomic E-state index is -0.473. The van der Waals surface area contributed by atoms with Crippen molar-refractivity contribution in [3.8, 4) is 11.5 Å². The Morgan fingerprint density at radius 1 is 1.10 bits per heavy atom. The van der Waals surface area contributed by atoms with E-state index in [-0.39, 0.29) is 18.4 Å². The Labute approximate surface area is 177 Å². The quantitative estimate of drug-likeness (QED) is 0.697. The zero-order chi connectivity index (χ0) is 21.3. The predicted octanol–water partition coefficient (Wildman–Crippen LogP) is 3.26. The molecule has 1 atom stereocenters. The third-order valence-corrected chi connectivity index (χ3v) is 5.34. The SMILES string of the molecule is COc1ccc(C2CCCN2CCC(=O)NC(=O)NCc2ccccc2)c(OC)c1. The van der Waals surface area contributed by atoms with Gasteiger partial charge in [0.25, 0.3) is 0 Å². The van der Waals surface area contributed by atoms with E-state index < -0.39 is 6.03 Å². The molecule has 3 rings (SSSR count). The Kier molecular flexibility index (Phi) is 7.68. The minimum absolute atomic E-state index is 0.186. The van der Waals surface area contributed by atoms with Gasteiger partial charge in [-0.05, 0) is 31.0 Å². The van der Waals surface area contributed by atoms with Crippen LogP contribution in [0, 0.1) is 0 Å². The first-order valence-electron chi connectivity index (χ1n) is 10.2. The van der Waals surface area contributed by atoms with Crippen molar-refractivity contribution in [1.82, 2.24) is 15.5 Å². The van der Waals surface area contributed by atoms with Crippen LogP contribution in [0.2, 0.25) is 0 Å². The molecule has 0 radical (unpaired) electrons. The van der Waals surface area contributed by atoms with Crippen molar-refractivity contribution in [3.05, 3.63) is 59.7 Å². The van der Waals surface area contributed by atoms with Crippen LogP contribution in [0.4, 0.5) is 4.79 Å². The Balaban J connectivity index is 1.50. The van der Waals surface area contributed by atoms with Crippen molar-refractivity contribution in [3.63, 3.8) is 0 Å². The lowest BCUT2D eigenvalue weighted by Crippen LogP contribution is -2.40. The first-order chi connectivity index (χ1) is 14.6. The number of likely N-dealkylation sites (tertiary alicyclic amines) is 1. The van der Waals surface area contributed by atoms with E-state index in [1.807, 2.05) is 48.5 Å². The number of benzene rings is 2. The molecule has 1 fully saturated rings. The summed E-state index contributed by atoms with van der Waals surface area (Å²) in [6, 6.07) is 15.1. The summed E-state index contributed by atoms with van der Waals surface area (Å²) in [6.45, 7) is 1.87. The van der Waals surface area contributed by atoms with Crippen molar-refractivity contribution >= 4 is 11.9 Å². The Morgan fingerprint density at radius 2 is 1.90 bits per heavy atom. The molecule has 0 bridgehead atoms. The Morgan fingerprint density at radius 3 is 2.63 bits per heavy atom. The summed E-state index contributed by atoms with van der Waals surface area (Å²) in [6.07, 6.45) is 2.31. The number of hydrogen-bond acceptors (Lipinski definition) is 5. The normalized spacial score (nSPS) is 16.1. The summed E-state index contributed by atoms with van der Waals surface area (Å²) in [5.41, 5.74) is 2.07. The molecule has 2 aromatic rings. The summed E-state index contributed by atoms with van der Waals surface area (Å²) < 4.78 is 10.8. The van der Waals surface area contributed by atoms with Gasteiger partial charge in [-0.3, -0.25) is 15.0 Å². The van der Waals surface area contributed by atoms with Crippen LogP contribution in [0.3, 0.4) is 0 Å². The van der Waals surface area contributed by atoms with Gasteiger partial charge in [-0.25, -0.2) is 4.79 Å². The molecule has 2 N–H and O–H groups in total. The van der Waals surface area contributed by atoms with E-state index in [4.69, 9.17) is 9.47 Å². The van der Waals surface area contributed by atoms with Crippen LogP contribution in [0.15, 0.2) is 48.5 Å². The third-order valence-electron chi connectivity index (χ3n) is 5.34. The highest BCUT2D eigenvalue weighted by Gasteiger charge is 2.28. The number of carbonyl (C=O) groups is 2. The zero-order valence-electron chi connectivity index (χ0n) is 17.5. The fourth-order valence-electron chi connectivity index (χ4n) is 3.80. The summed E-state index contributed by atoms with van der Waals surface area (Å²) in [4.78, 5) is 26.5. The van der Waals surface area contributed by atoms with Gasteiger partial charge >= 0.3 is 6.03 Å². The molecule has 0 spiro atoms. The highest BCUT2D eigenvalue weighted by atomic mass is 16.5. The van der Waals surface area contributed by atoms with E-state index in [1.165, 1.54) is 0 Å². The van der Waals surface area contributed by atoms with Gasteiger partial charge < -0.3 is 14.8 Å². The third kappa shape index (κ3) is 5.73. The molecule has 2 aromatic carbocycles. The predicted molar refractivity (Wildman–Crippen MR) is 115 cm³/mol. The fourth-order valence-corrected chi connectivity index (χ4v) is 3.80. The van der Waals surface area contributed by atoms with E-state index >= 15 is 0 Å². The number of ether oxygens (including phenoxy) is 2. The number of carbonyl (C=O) groups excluding carboxylic acids is 2. The maximum absolute atomic E-state index is 12.2. The van der Waals surface area contributed by atoms with Crippen molar-refractivity contribution in [2.45, 2.75) is 31.8 Å². The first-order valence-corrected chi connectivity index (χ1v) is 10.2. The molecule has 1 heterocycles. The van der Waals surface area contributed by atoms with Gasteiger partial charge in [0.15, 0.2) is 0 Å². The second-order valence-electron chi connectivity index (χ2n) is 7.27. The van der Waals surface area contributed by atoms with E-state index in [9.17, 15) is 9.59 Å². The topological polar surface area (TPSA) is 79.9 Å². The van der Waals surface area contributed by atoms with Crippen molar-refractivity contribution in [2.24, 2.45) is 0 Å². The second kappa shape index (κ2) is 10.6. The summed E-state index contributed by atoms with van der Waals surface area (Å²) in [5, 5.41) is 5.11. The van der Waals surface area contributed by atoms with Crippen LogP contribution in [0.5, 0.6) is 11.5 Å². The number of urea groups is 1. The highest BCUT2D eigenvalue weighted by Crippen LogP contribution is 2.38. The van der Waals surface area contributed by atoms with Crippen molar-refractivity contribution in [2.75, 3.05) is 27.3 Å². The number of rotatable bonds is 8. The molecular weight excluding hydrogens is 382 g/mol. The average molecular weight is 412 g/mol. The first kappa shape index (κ1) is 21.6. The van der Waals surface area contributed by atoms with Crippen LogP contribution in [0.1, 0.15) is 36.4 Å². The van der Waals surface area contributed by atoms with Gasteiger partial charge in [0.05, 0.1) is 14.2 Å². The van der Waals surface area contributed by atoms with Crippen LogP contribution in [-0.4, -0.2) is 44.1 Å². The molecule has 3 amide bonds.